The number of hydrogen-bond acceptors (Lipinski definition) is 5. The number of aromatic nitrogens is 3. The molecule has 2 aromatic carbocycles. The van der Waals surface area contributed by atoms with Gasteiger partial charge in [-0.1, -0.05) is 53.5 Å². The van der Waals surface area contributed by atoms with Crippen molar-refractivity contribution >= 4 is 40.7 Å². The van der Waals surface area contributed by atoms with Crippen LogP contribution in [0.2, 0.25) is 10.0 Å². The number of halogens is 2. The number of benzene rings is 2. The maximum Gasteiger partial charge on any atom is 0.249 e. The summed E-state index contributed by atoms with van der Waals surface area (Å²) in [5.41, 5.74) is 1.78. The first kappa shape index (κ1) is 16.5. The van der Waals surface area contributed by atoms with Gasteiger partial charge < -0.3 is 10.6 Å². The molecule has 1 unspecified atom stereocenters. The lowest BCUT2D eigenvalue weighted by Crippen LogP contribution is -2.10. The predicted molar refractivity (Wildman–Crippen MR) is 98.1 cm³/mol. The molecule has 0 aliphatic carbocycles. The molecule has 0 aliphatic heterocycles. The lowest BCUT2D eigenvalue weighted by Gasteiger charge is -2.15. The van der Waals surface area contributed by atoms with Crippen LogP contribution >= 0.6 is 23.2 Å². The molecule has 0 aliphatic rings. The minimum atomic E-state index is 0.0884. The molecule has 0 saturated heterocycles. The standard InChI is InChI=1S/C17H15Cl2N5/c1-11(12-5-3-2-4-6-12)21-16-10-20-24-17(23-16)22-15-9-13(18)7-8-14(15)19/h2-11H,1H3,(H2,21,22,23,24). The second-order valence-corrected chi connectivity index (χ2v) is 6.03. The molecule has 0 radical (unpaired) electrons. The van der Waals surface area contributed by atoms with Crippen molar-refractivity contribution in [2.45, 2.75) is 13.0 Å². The van der Waals surface area contributed by atoms with Crippen LogP contribution in [0.15, 0.2) is 54.7 Å². The average molecular weight is 360 g/mol. The maximum atomic E-state index is 6.14. The molecule has 3 aromatic rings. The van der Waals surface area contributed by atoms with E-state index in [-0.39, 0.29) is 6.04 Å². The molecule has 0 saturated carbocycles. The molecule has 1 aromatic heterocycles. The van der Waals surface area contributed by atoms with E-state index >= 15 is 0 Å². The van der Waals surface area contributed by atoms with Crippen molar-refractivity contribution in [1.29, 1.82) is 0 Å². The summed E-state index contributed by atoms with van der Waals surface area (Å²) < 4.78 is 0. The summed E-state index contributed by atoms with van der Waals surface area (Å²) in [7, 11) is 0. The Morgan fingerprint density at radius 1 is 1.04 bits per heavy atom. The molecule has 5 nitrogen and oxygen atoms in total. The van der Waals surface area contributed by atoms with Crippen LogP contribution in [0.3, 0.4) is 0 Å². The molecule has 122 valence electrons. The third-order valence-electron chi connectivity index (χ3n) is 3.40. The van der Waals surface area contributed by atoms with Gasteiger partial charge in [0.1, 0.15) is 0 Å². The Bertz CT molecular complexity index is 826. The Hall–Kier alpha value is -2.37. The van der Waals surface area contributed by atoms with E-state index in [4.69, 9.17) is 23.2 Å². The summed E-state index contributed by atoms with van der Waals surface area (Å²) in [6.45, 7) is 2.05. The van der Waals surface area contributed by atoms with Gasteiger partial charge in [-0.3, -0.25) is 0 Å². The fourth-order valence-corrected chi connectivity index (χ4v) is 2.52. The second-order valence-electron chi connectivity index (χ2n) is 5.19. The van der Waals surface area contributed by atoms with E-state index in [0.717, 1.165) is 5.56 Å². The van der Waals surface area contributed by atoms with Crippen molar-refractivity contribution < 1.29 is 0 Å². The van der Waals surface area contributed by atoms with Crippen LogP contribution in [-0.2, 0) is 0 Å². The lowest BCUT2D eigenvalue weighted by molar-refractivity contribution is 0.861. The Balaban J connectivity index is 1.76. The van der Waals surface area contributed by atoms with Crippen molar-refractivity contribution in [2.75, 3.05) is 10.6 Å². The Labute approximate surface area is 150 Å². The normalized spacial score (nSPS) is 11.8. The highest BCUT2D eigenvalue weighted by Crippen LogP contribution is 2.27. The van der Waals surface area contributed by atoms with Crippen LogP contribution in [0.4, 0.5) is 17.5 Å². The summed E-state index contributed by atoms with van der Waals surface area (Å²) in [5, 5.41) is 15.4. The van der Waals surface area contributed by atoms with Crippen molar-refractivity contribution in [1.82, 2.24) is 15.2 Å². The van der Waals surface area contributed by atoms with Crippen LogP contribution in [0.1, 0.15) is 18.5 Å². The van der Waals surface area contributed by atoms with E-state index in [0.29, 0.717) is 27.5 Å². The van der Waals surface area contributed by atoms with E-state index in [2.05, 4.69) is 44.9 Å². The van der Waals surface area contributed by atoms with Crippen molar-refractivity contribution in [3.8, 4) is 0 Å². The zero-order valence-corrected chi connectivity index (χ0v) is 14.4. The fraction of sp³-hybridized carbons (Fsp3) is 0.118. The number of anilines is 3. The molecule has 3 rings (SSSR count). The zero-order valence-electron chi connectivity index (χ0n) is 12.9. The van der Waals surface area contributed by atoms with Gasteiger partial charge in [-0.25, -0.2) is 0 Å². The van der Waals surface area contributed by atoms with E-state index in [1.165, 1.54) is 0 Å². The van der Waals surface area contributed by atoms with Crippen molar-refractivity contribution in [3.05, 3.63) is 70.3 Å². The summed E-state index contributed by atoms with van der Waals surface area (Å²) in [4.78, 5) is 4.41. The Morgan fingerprint density at radius 2 is 1.83 bits per heavy atom. The van der Waals surface area contributed by atoms with Gasteiger partial charge in [-0.05, 0) is 30.7 Å². The molecule has 0 fully saturated rings. The smallest absolute Gasteiger partial charge is 0.249 e. The van der Waals surface area contributed by atoms with Gasteiger partial charge in [0.05, 0.1) is 16.9 Å². The third kappa shape index (κ3) is 4.13. The maximum absolute atomic E-state index is 6.14. The van der Waals surface area contributed by atoms with Gasteiger partial charge >= 0.3 is 0 Å². The summed E-state index contributed by atoms with van der Waals surface area (Å²) in [5.74, 6) is 0.950. The third-order valence-corrected chi connectivity index (χ3v) is 3.96. The monoisotopic (exact) mass is 359 g/mol. The van der Waals surface area contributed by atoms with Crippen LogP contribution in [0.5, 0.6) is 0 Å². The van der Waals surface area contributed by atoms with E-state index in [1.54, 1.807) is 24.4 Å². The van der Waals surface area contributed by atoms with Crippen molar-refractivity contribution in [3.63, 3.8) is 0 Å². The SMILES string of the molecule is CC(Nc1cnnc(Nc2cc(Cl)ccc2Cl)n1)c1ccccc1. The topological polar surface area (TPSA) is 62.7 Å². The minimum absolute atomic E-state index is 0.0884. The Morgan fingerprint density at radius 3 is 2.62 bits per heavy atom. The molecule has 1 heterocycles. The summed E-state index contributed by atoms with van der Waals surface area (Å²) in [6, 6.07) is 15.3. The van der Waals surface area contributed by atoms with E-state index in [9.17, 15) is 0 Å². The predicted octanol–water partition coefficient (Wildman–Crippen LogP) is 5.10. The average Bonchev–Trinajstić information content (AvgIpc) is 2.59. The molecular formula is C17H15Cl2N5. The van der Waals surface area contributed by atoms with Crippen LogP contribution in [-0.4, -0.2) is 15.2 Å². The highest BCUT2D eigenvalue weighted by Gasteiger charge is 2.08. The number of hydrogen-bond donors (Lipinski definition) is 2. The Kier molecular flexibility index (Phi) is 5.13. The number of rotatable bonds is 5. The molecular weight excluding hydrogens is 345 g/mol. The largest absolute Gasteiger partial charge is 0.362 e. The first-order chi connectivity index (χ1) is 11.6. The summed E-state index contributed by atoms with van der Waals surface area (Å²) in [6.07, 6.45) is 1.57. The van der Waals surface area contributed by atoms with Crippen LogP contribution < -0.4 is 10.6 Å². The second kappa shape index (κ2) is 7.47. The number of nitrogens with zero attached hydrogens (tertiary/aromatic N) is 3. The molecule has 0 spiro atoms. The first-order valence-corrected chi connectivity index (χ1v) is 8.11. The van der Waals surface area contributed by atoms with E-state index in [1.807, 2.05) is 18.2 Å². The molecule has 2 N–H and O–H groups in total. The quantitative estimate of drug-likeness (QED) is 0.663. The van der Waals surface area contributed by atoms with E-state index < -0.39 is 0 Å². The highest BCUT2D eigenvalue weighted by molar-refractivity contribution is 6.35. The molecule has 7 heteroatoms. The molecule has 0 amide bonds. The van der Waals surface area contributed by atoms with Gasteiger partial charge in [-0.2, -0.15) is 10.1 Å². The lowest BCUT2D eigenvalue weighted by atomic mass is 10.1. The zero-order chi connectivity index (χ0) is 16.9. The number of nitrogens with one attached hydrogen (secondary N) is 2. The van der Waals surface area contributed by atoms with Crippen LogP contribution in [0, 0.1) is 0 Å². The van der Waals surface area contributed by atoms with Crippen molar-refractivity contribution in [2.24, 2.45) is 0 Å². The van der Waals surface area contributed by atoms with Gasteiger partial charge in [-0.15, -0.1) is 5.10 Å². The minimum Gasteiger partial charge on any atom is -0.362 e. The van der Waals surface area contributed by atoms with Gasteiger partial charge in [0, 0.05) is 11.1 Å². The fourth-order valence-electron chi connectivity index (χ4n) is 2.19. The van der Waals surface area contributed by atoms with Gasteiger partial charge in [0.15, 0.2) is 5.82 Å². The molecule has 0 bridgehead atoms. The highest BCUT2D eigenvalue weighted by atomic mass is 35.5. The molecule has 1 atom stereocenters. The van der Waals surface area contributed by atoms with Crippen LogP contribution in [0.25, 0.3) is 0 Å². The van der Waals surface area contributed by atoms with Gasteiger partial charge in [0.25, 0.3) is 0 Å². The first-order valence-electron chi connectivity index (χ1n) is 7.35. The summed E-state index contributed by atoms with van der Waals surface area (Å²) >= 11 is 12.1. The van der Waals surface area contributed by atoms with Gasteiger partial charge in [0.2, 0.25) is 5.95 Å². The molecule has 24 heavy (non-hydrogen) atoms.